The lowest BCUT2D eigenvalue weighted by Crippen LogP contribution is -2.41. The van der Waals surface area contributed by atoms with Crippen LogP contribution in [0.5, 0.6) is 0 Å². The lowest BCUT2D eigenvalue weighted by atomic mass is 10.0. The van der Waals surface area contributed by atoms with Crippen molar-refractivity contribution in [1.82, 2.24) is 9.47 Å². The molecule has 6 heteroatoms. The predicted octanol–water partition coefficient (Wildman–Crippen LogP) is 3.59. The monoisotopic (exact) mass is 394 g/mol. The normalized spacial score (nSPS) is 15.2. The third-order valence-corrected chi connectivity index (χ3v) is 5.56. The molecule has 2 aromatic carbocycles. The number of benzene rings is 2. The van der Waals surface area contributed by atoms with Crippen LogP contribution in [-0.4, -0.2) is 35.1 Å². The van der Waals surface area contributed by atoms with Crippen molar-refractivity contribution in [2.75, 3.05) is 19.7 Å². The van der Waals surface area contributed by atoms with E-state index in [9.17, 15) is 9.59 Å². The molecular formula is C23H26N2O4. The van der Waals surface area contributed by atoms with Crippen molar-refractivity contribution in [1.29, 1.82) is 0 Å². The standard InChI is InChI=1S/C23H26N2O4/c1-16-12-17(2)22-20(13-16)25(23(27)29-22)19-8-10-24(11-9-19)21(26)15-28-14-18-6-4-3-5-7-18/h3-7,12-13,19H,8-11,14-15H2,1-2H3. The molecule has 3 aromatic rings. The number of rotatable bonds is 5. The van der Waals surface area contributed by atoms with Crippen LogP contribution >= 0.6 is 0 Å². The molecule has 1 saturated heterocycles. The van der Waals surface area contributed by atoms with Gasteiger partial charge in [-0.1, -0.05) is 36.4 Å². The van der Waals surface area contributed by atoms with Gasteiger partial charge >= 0.3 is 5.76 Å². The molecule has 0 aliphatic carbocycles. The summed E-state index contributed by atoms with van der Waals surface area (Å²) in [5.74, 6) is -0.319. The van der Waals surface area contributed by atoms with Crippen molar-refractivity contribution in [3.63, 3.8) is 0 Å². The Morgan fingerprint density at radius 1 is 1.14 bits per heavy atom. The Hall–Kier alpha value is -2.86. The van der Waals surface area contributed by atoms with E-state index in [1.165, 1.54) is 0 Å². The van der Waals surface area contributed by atoms with Crippen LogP contribution in [0.25, 0.3) is 11.1 Å². The van der Waals surface area contributed by atoms with E-state index < -0.39 is 0 Å². The number of aryl methyl sites for hydroxylation is 2. The summed E-state index contributed by atoms with van der Waals surface area (Å²) >= 11 is 0. The molecule has 6 nitrogen and oxygen atoms in total. The van der Waals surface area contributed by atoms with Gasteiger partial charge in [-0.25, -0.2) is 4.79 Å². The van der Waals surface area contributed by atoms with Gasteiger partial charge in [0.2, 0.25) is 5.91 Å². The number of ether oxygens (including phenoxy) is 1. The molecule has 4 rings (SSSR count). The Bertz CT molecular complexity index is 1060. The van der Waals surface area contributed by atoms with Crippen LogP contribution in [0.4, 0.5) is 0 Å². The molecular weight excluding hydrogens is 368 g/mol. The molecule has 0 spiro atoms. The first-order valence-corrected chi connectivity index (χ1v) is 10.0. The number of oxazole rings is 1. The summed E-state index contributed by atoms with van der Waals surface area (Å²) in [6.07, 6.45) is 1.46. The number of hydrogen-bond acceptors (Lipinski definition) is 4. The highest BCUT2D eigenvalue weighted by Gasteiger charge is 2.27. The maximum Gasteiger partial charge on any atom is 0.420 e. The fourth-order valence-corrected chi connectivity index (χ4v) is 4.12. The summed E-state index contributed by atoms with van der Waals surface area (Å²) < 4.78 is 12.9. The highest BCUT2D eigenvalue weighted by atomic mass is 16.5. The SMILES string of the molecule is Cc1cc(C)c2oc(=O)n(C3CCN(C(=O)COCc4ccccc4)CC3)c2c1. The van der Waals surface area contributed by atoms with Gasteiger partial charge in [0.25, 0.3) is 0 Å². The largest absolute Gasteiger partial charge is 0.420 e. The molecule has 0 unspecified atom stereocenters. The van der Waals surface area contributed by atoms with E-state index in [2.05, 4.69) is 0 Å². The number of piperidine rings is 1. The number of carbonyl (C=O) groups excluding carboxylic acids is 1. The van der Waals surface area contributed by atoms with Gasteiger partial charge in [0.1, 0.15) is 6.61 Å². The van der Waals surface area contributed by atoms with Gasteiger partial charge < -0.3 is 14.1 Å². The van der Waals surface area contributed by atoms with Gasteiger partial charge in [0.05, 0.1) is 12.1 Å². The average Bonchev–Trinajstić information content (AvgIpc) is 3.05. The van der Waals surface area contributed by atoms with E-state index in [0.29, 0.717) is 25.3 Å². The molecule has 0 bridgehead atoms. The van der Waals surface area contributed by atoms with Crippen LogP contribution in [0.15, 0.2) is 51.7 Å². The topological polar surface area (TPSA) is 64.7 Å². The minimum absolute atomic E-state index is 0.00420. The maximum absolute atomic E-state index is 12.5. The van der Waals surface area contributed by atoms with Gasteiger partial charge in [-0.15, -0.1) is 0 Å². The lowest BCUT2D eigenvalue weighted by molar-refractivity contribution is -0.137. The second-order valence-corrected chi connectivity index (χ2v) is 7.76. The van der Waals surface area contributed by atoms with E-state index in [1.807, 2.05) is 61.2 Å². The van der Waals surface area contributed by atoms with E-state index in [4.69, 9.17) is 9.15 Å². The number of hydrogen-bond donors (Lipinski definition) is 0. The zero-order valence-corrected chi connectivity index (χ0v) is 16.9. The number of nitrogens with zero attached hydrogens (tertiary/aromatic N) is 2. The molecule has 2 heterocycles. The second kappa shape index (κ2) is 8.25. The summed E-state index contributed by atoms with van der Waals surface area (Å²) in [5.41, 5.74) is 4.64. The average molecular weight is 394 g/mol. The number of likely N-dealkylation sites (tertiary alicyclic amines) is 1. The number of carbonyl (C=O) groups is 1. The van der Waals surface area contributed by atoms with Gasteiger partial charge in [-0.3, -0.25) is 9.36 Å². The Morgan fingerprint density at radius 2 is 1.86 bits per heavy atom. The first-order valence-electron chi connectivity index (χ1n) is 10.0. The summed E-state index contributed by atoms with van der Waals surface area (Å²) in [7, 11) is 0. The van der Waals surface area contributed by atoms with Crippen LogP contribution in [0.3, 0.4) is 0 Å². The highest BCUT2D eigenvalue weighted by molar-refractivity contribution is 5.78. The molecule has 29 heavy (non-hydrogen) atoms. The molecule has 0 N–H and O–H groups in total. The number of aromatic nitrogens is 1. The van der Waals surface area contributed by atoms with Crippen molar-refractivity contribution < 1.29 is 13.9 Å². The first-order chi connectivity index (χ1) is 14.0. The van der Waals surface area contributed by atoms with Gasteiger partial charge in [-0.05, 0) is 49.4 Å². The summed E-state index contributed by atoms with van der Waals surface area (Å²) in [5, 5.41) is 0. The van der Waals surface area contributed by atoms with Crippen LogP contribution < -0.4 is 5.76 Å². The maximum atomic E-state index is 12.5. The van der Waals surface area contributed by atoms with Crippen molar-refractivity contribution in [3.05, 3.63) is 69.7 Å². The molecule has 1 aromatic heterocycles. The Labute approximate surface area is 169 Å². The Morgan fingerprint density at radius 3 is 2.59 bits per heavy atom. The minimum Gasteiger partial charge on any atom is -0.407 e. The lowest BCUT2D eigenvalue weighted by Gasteiger charge is -2.32. The zero-order chi connectivity index (χ0) is 20.4. The molecule has 1 amide bonds. The van der Waals surface area contributed by atoms with Gasteiger partial charge in [-0.2, -0.15) is 0 Å². The molecule has 1 aliphatic rings. The number of amides is 1. The predicted molar refractivity (Wildman–Crippen MR) is 111 cm³/mol. The summed E-state index contributed by atoms with van der Waals surface area (Å²) in [6.45, 7) is 5.71. The summed E-state index contributed by atoms with van der Waals surface area (Å²) in [4.78, 5) is 26.8. The zero-order valence-electron chi connectivity index (χ0n) is 16.9. The van der Waals surface area contributed by atoms with Crippen LogP contribution in [0.1, 0.15) is 35.6 Å². The smallest absolute Gasteiger partial charge is 0.407 e. The Balaban J connectivity index is 1.37. The summed E-state index contributed by atoms with van der Waals surface area (Å²) in [6, 6.07) is 13.9. The van der Waals surface area contributed by atoms with Crippen molar-refractivity contribution >= 4 is 17.0 Å². The van der Waals surface area contributed by atoms with Crippen molar-refractivity contribution in [2.45, 2.75) is 39.3 Å². The van der Waals surface area contributed by atoms with Crippen molar-refractivity contribution in [2.24, 2.45) is 0 Å². The van der Waals surface area contributed by atoms with Crippen LogP contribution in [0.2, 0.25) is 0 Å². The fourth-order valence-electron chi connectivity index (χ4n) is 4.12. The van der Waals surface area contributed by atoms with Gasteiger partial charge in [0.15, 0.2) is 5.58 Å². The molecule has 1 aliphatic heterocycles. The third-order valence-electron chi connectivity index (χ3n) is 5.56. The van der Waals surface area contributed by atoms with E-state index in [0.717, 1.165) is 35.0 Å². The van der Waals surface area contributed by atoms with E-state index in [1.54, 1.807) is 4.57 Å². The molecule has 0 radical (unpaired) electrons. The van der Waals surface area contributed by atoms with Crippen molar-refractivity contribution in [3.8, 4) is 0 Å². The Kier molecular flexibility index (Phi) is 5.53. The minimum atomic E-state index is -0.315. The van der Waals surface area contributed by atoms with Crippen LogP contribution in [-0.2, 0) is 16.1 Å². The van der Waals surface area contributed by atoms with E-state index >= 15 is 0 Å². The number of fused-ring (bicyclic) bond motifs is 1. The first kappa shape index (κ1) is 19.5. The van der Waals surface area contributed by atoms with Crippen LogP contribution in [0, 0.1) is 13.8 Å². The third kappa shape index (κ3) is 4.12. The molecule has 1 fully saturated rings. The molecule has 0 saturated carbocycles. The molecule has 0 atom stereocenters. The van der Waals surface area contributed by atoms with Gasteiger partial charge in [0, 0.05) is 19.1 Å². The molecule has 152 valence electrons. The fraction of sp³-hybridized carbons (Fsp3) is 0.391. The highest BCUT2D eigenvalue weighted by Crippen LogP contribution is 2.28. The second-order valence-electron chi connectivity index (χ2n) is 7.76. The quantitative estimate of drug-likeness (QED) is 0.663. The van der Waals surface area contributed by atoms with E-state index in [-0.39, 0.29) is 24.3 Å².